The summed E-state index contributed by atoms with van der Waals surface area (Å²) in [5, 5.41) is 3.37. The fourth-order valence-corrected chi connectivity index (χ4v) is 3.21. The van der Waals surface area contributed by atoms with Gasteiger partial charge in [0.2, 0.25) is 5.91 Å². The zero-order valence-corrected chi connectivity index (χ0v) is 14.7. The molecule has 25 heavy (non-hydrogen) atoms. The Labute approximate surface area is 152 Å². The molecule has 1 heterocycles. The minimum Gasteiger partial charge on any atom is -0.324 e. The topological polar surface area (TPSA) is 46.9 Å². The van der Waals surface area contributed by atoms with Gasteiger partial charge in [-0.15, -0.1) is 0 Å². The van der Waals surface area contributed by atoms with E-state index in [1.165, 1.54) is 4.57 Å². The van der Waals surface area contributed by atoms with E-state index in [1.54, 1.807) is 42.5 Å². The van der Waals surface area contributed by atoms with Crippen molar-refractivity contribution in [1.82, 2.24) is 9.55 Å². The highest BCUT2D eigenvalue weighted by molar-refractivity contribution is 7.99. The highest BCUT2D eigenvalue weighted by atomic mass is 35.5. The van der Waals surface area contributed by atoms with Crippen molar-refractivity contribution in [2.75, 3.05) is 5.32 Å². The number of benzene rings is 2. The Kier molecular flexibility index (Phi) is 5.24. The first-order valence-corrected chi connectivity index (χ1v) is 8.66. The number of carbonyl (C=O) groups excluding carboxylic acids is 1. The van der Waals surface area contributed by atoms with Gasteiger partial charge in [0.25, 0.3) is 5.76 Å². The van der Waals surface area contributed by atoms with Gasteiger partial charge in [0.1, 0.15) is 6.54 Å². The lowest BCUT2D eigenvalue weighted by Crippen LogP contribution is -2.20. The van der Waals surface area contributed by atoms with Crippen LogP contribution in [0.4, 0.5) is 14.5 Å². The molecule has 4 nitrogen and oxygen atoms in total. The second-order valence-corrected chi connectivity index (χ2v) is 6.75. The molecule has 8 heteroatoms. The highest BCUT2D eigenvalue weighted by Crippen LogP contribution is 2.28. The molecule has 1 amide bonds. The van der Waals surface area contributed by atoms with Gasteiger partial charge in [-0.05, 0) is 48.5 Å². The largest absolute Gasteiger partial charge is 0.324 e. The van der Waals surface area contributed by atoms with Crippen LogP contribution in [0.15, 0.2) is 47.6 Å². The molecular weight excluding hydrogens is 368 g/mol. The molecule has 130 valence electrons. The number of carbonyl (C=O) groups is 1. The number of aromatic nitrogens is 2. The number of nitrogens with one attached hydrogen (secondary N) is 1. The SMILES string of the molecule is Cc1ccc(Cl)cc1NC(=O)Cn1c(SC(F)F)nc2ccccc21. The molecule has 3 aromatic rings. The number of nitrogens with zero attached hydrogens (tertiary/aromatic N) is 2. The molecule has 2 aromatic carbocycles. The third-order valence-corrected chi connectivity index (χ3v) is 4.53. The molecule has 0 atom stereocenters. The number of para-hydroxylation sites is 2. The average molecular weight is 382 g/mol. The van der Waals surface area contributed by atoms with Crippen molar-refractivity contribution in [3.63, 3.8) is 0 Å². The Morgan fingerprint density at radius 3 is 2.84 bits per heavy atom. The Hall–Kier alpha value is -2.12. The molecule has 0 fully saturated rings. The Morgan fingerprint density at radius 2 is 2.08 bits per heavy atom. The maximum Gasteiger partial charge on any atom is 0.291 e. The molecule has 0 spiro atoms. The molecule has 1 N–H and O–H groups in total. The van der Waals surface area contributed by atoms with E-state index in [-0.39, 0.29) is 17.6 Å². The number of imidazole rings is 1. The van der Waals surface area contributed by atoms with Crippen molar-refractivity contribution in [3.8, 4) is 0 Å². The summed E-state index contributed by atoms with van der Waals surface area (Å²) in [7, 11) is 0. The van der Waals surface area contributed by atoms with Crippen molar-refractivity contribution in [3.05, 3.63) is 53.1 Å². The van der Waals surface area contributed by atoms with Gasteiger partial charge in [-0.1, -0.05) is 29.8 Å². The highest BCUT2D eigenvalue weighted by Gasteiger charge is 2.18. The lowest BCUT2D eigenvalue weighted by molar-refractivity contribution is -0.116. The standard InChI is InChI=1S/C17H14ClF2N3OS/c1-10-6-7-11(18)8-13(10)21-15(24)9-23-14-5-3-2-4-12(14)22-17(23)25-16(19)20/h2-8,16H,9H2,1H3,(H,21,24). The van der Waals surface area contributed by atoms with Crippen LogP contribution in [0.25, 0.3) is 11.0 Å². The molecule has 0 radical (unpaired) electrons. The number of aryl methyl sites for hydroxylation is 1. The number of rotatable bonds is 5. The third-order valence-electron chi connectivity index (χ3n) is 3.59. The van der Waals surface area contributed by atoms with Crippen molar-refractivity contribution in [1.29, 1.82) is 0 Å². The minimum atomic E-state index is -2.62. The molecule has 1 aromatic heterocycles. The van der Waals surface area contributed by atoms with E-state index in [0.29, 0.717) is 33.5 Å². The van der Waals surface area contributed by atoms with Gasteiger partial charge in [0.05, 0.1) is 11.0 Å². The normalized spacial score (nSPS) is 11.2. The van der Waals surface area contributed by atoms with E-state index in [2.05, 4.69) is 10.3 Å². The predicted molar refractivity (Wildman–Crippen MR) is 96.4 cm³/mol. The van der Waals surface area contributed by atoms with Crippen molar-refractivity contribution >= 4 is 46.0 Å². The Bertz CT molecular complexity index is 929. The van der Waals surface area contributed by atoms with Crippen molar-refractivity contribution in [2.45, 2.75) is 24.4 Å². The van der Waals surface area contributed by atoms with Crippen LogP contribution >= 0.6 is 23.4 Å². The quantitative estimate of drug-likeness (QED) is 0.636. The summed E-state index contributed by atoms with van der Waals surface area (Å²) in [6.07, 6.45) is 0. The number of thioether (sulfide) groups is 1. The fraction of sp³-hybridized carbons (Fsp3) is 0.176. The zero-order valence-electron chi connectivity index (χ0n) is 13.2. The van der Waals surface area contributed by atoms with Crippen LogP contribution in [0, 0.1) is 6.92 Å². The molecule has 0 aliphatic heterocycles. The maximum absolute atomic E-state index is 12.8. The molecule has 3 rings (SSSR count). The summed E-state index contributed by atoms with van der Waals surface area (Å²) in [5.41, 5.74) is 2.64. The zero-order chi connectivity index (χ0) is 18.0. The van der Waals surface area contributed by atoms with E-state index in [1.807, 2.05) is 6.92 Å². The number of fused-ring (bicyclic) bond motifs is 1. The number of hydrogen-bond acceptors (Lipinski definition) is 3. The minimum absolute atomic E-state index is 0.106. The lowest BCUT2D eigenvalue weighted by Gasteiger charge is -2.11. The molecule has 0 saturated heterocycles. The van der Waals surface area contributed by atoms with Crippen LogP contribution in [0.5, 0.6) is 0 Å². The van der Waals surface area contributed by atoms with Crippen LogP contribution < -0.4 is 5.32 Å². The van der Waals surface area contributed by atoms with E-state index < -0.39 is 5.76 Å². The number of hydrogen-bond donors (Lipinski definition) is 1. The number of alkyl halides is 2. The monoisotopic (exact) mass is 381 g/mol. The lowest BCUT2D eigenvalue weighted by atomic mass is 10.2. The fourth-order valence-electron chi connectivity index (χ4n) is 2.44. The van der Waals surface area contributed by atoms with E-state index in [4.69, 9.17) is 11.6 Å². The summed E-state index contributed by atoms with van der Waals surface area (Å²) in [4.78, 5) is 16.6. The summed E-state index contributed by atoms with van der Waals surface area (Å²) in [5.74, 6) is -2.96. The number of amides is 1. The summed E-state index contributed by atoms with van der Waals surface area (Å²) < 4.78 is 27.1. The summed E-state index contributed by atoms with van der Waals surface area (Å²) >= 11 is 6.27. The maximum atomic E-state index is 12.8. The van der Waals surface area contributed by atoms with Crippen LogP contribution in [-0.2, 0) is 11.3 Å². The summed E-state index contributed by atoms with van der Waals surface area (Å²) in [6.45, 7) is 1.72. The smallest absolute Gasteiger partial charge is 0.291 e. The first kappa shape index (κ1) is 17.7. The number of halogens is 3. The predicted octanol–water partition coefficient (Wildman–Crippen LogP) is 4.95. The molecule has 0 bridgehead atoms. The molecule has 0 aliphatic carbocycles. The average Bonchev–Trinajstić information content (AvgIpc) is 2.88. The van der Waals surface area contributed by atoms with Gasteiger partial charge >= 0.3 is 0 Å². The van der Waals surface area contributed by atoms with Gasteiger partial charge in [-0.3, -0.25) is 4.79 Å². The van der Waals surface area contributed by atoms with Crippen molar-refractivity contribution < 1.29 is 13.6 Å². The Morgan fingerprint density at radius 1 is 1.32 bits per heavy atom. The number of anilines is 1. The molecule has 0 aliphatic rings. The van der Waals surface area contributed by atoms with E-state index in [9.17, 15) is 13.6 Å². The van der Waals surface area contributed by atoms with Gasteiger partial charge in [-0.2, -0.15) is 8.78 Å². The van der Waals surface area contributed by atoms with Gasteiger partial charge in [0, 0.05) is 10.7 Å². The van der Waals surface area contributed by atoms with E-state index >= 15 is 0 Å². The first-order valence-electron chi connectivity index (χ1n) is 7.40. The third kappa shape index (κ3) is 4.11. The van der Waals surface area contributed by atoms with Crippen molar-refractivity contribution in [2.24, 2.45) is 0 Å². The second kappa shape index (κ2) is 7.41. The molecule has 0 saturated carbocycles. The van der Waals surface area contributed by atoms with Gasteiger partial charge in [0.15, 0.2) is 5.16 Å². The molecule has 0 unspecified atom stereocenters. The van der Waals surface area contributed by atoms with E-state index in [0.717, 1.165) is 5.56 Å². The first-order chi connectivity index (χ1) is 11.9. The van der Waals surface area contributed by atoms with Crippen LogP contribution in [-0.4, -0.2) is 21.2 Å². The van der Waals surface area contributed by atoms with Crippen LogP contribution in [0.3, 0.4) is 0 Å². The second-order valence-electron chi connectivity index (χ2n) is 5.36. The summed E-state index contributed by atoms with van der Waals surface area (Å²) in [6, 6.07) is 12.2. The van der Waals surface area contributed by atoms with Crippen LogP contribution in [0.1, 0.15) is 5.56 Å². The van der Waals surface area contributed by atoms with Gasteiger partial charge in [-0.25, -0.2) is 4.98 Å². The molecular formula is C17H14ClF2N3OS. The van der Waals surface area contributed by atoms with Gasteiger partial charge < -0.3 is 9.88 Å². The van der Waals surface area contributed by atoms with Crippen LogP contribution in [0.2, 0.25) is 5.02 Å². The Balaban J connectivity index is 1.88.